The first kappa shape index (κ1) is 24.9. The monoisotopic (exact) mass is 471 g/mol. The first-order valence-electron chi connectivity index (χ1n) is 11.3. The molecule has 1 fully saturated rings. The van der Waals surface area contributed by atoms with Gasteiger partial charge in [0.1, 0.15) is 6.04 Å². The largest absolute Gasteiger partial charge is 0.341 e. The molecule has 1 saturated heterocycles. The molecule has 178 valence electrons. The minimum Gasteiger partial charge on any atom is -0.341 e. The van der Waals surface area contributed by atoms with Gasteiger partial charge in [-0.2, -0.15) is 4.31 Å². The van der Waals surface area contributed by atoms with Gasteiger partial charge in [-0.1, -0.05) is 61.9 Å². The quantitative estimate of drug-likeness (QED) is 0.673. The summed E-state index contributed by atoms with van der Waals surface area (Å²) in [6, 6.07) is 13.7. The Labute approximate surface area is 196 Å². The van der Waals surface area contributed by atoms with Crippen molar-refractivity contribution in [3.05, 3.63) is 65.2 Å². The van der Waals surface area contributed by atoms with Crippen molar-refractivity contribution in [2.24, 2.45) is 5.92 Å². The summed E-state index contributed by atoms with van der Waals surface area (Å²) in [6.07, 6.45) is 0.332. The summed E-state index contributed by atoms with van der Waals surface area (Å²) in [7, 11) is -3.64. The van der Waals surface area contributed by atoms with E-state index in [9.17, 15) is 18.0 Å². The van der Waals surface area contributed by atoms with Gasteiger partial charge >= 0.3 is 0 Å². The minimum atomic E-state index is -3.64. The van der Waals surface area contributed by atoms with Gasteiger partial charge in [-0.25, -0.2) is 8.42 Å². The van der Waals surface area contributed by atoms with Gasteiger partial charge in [0.05, 0.1) is 4.90 Å². The molecule has 0 spiro atoms. The van der Waals surface area contributed by atoms with Crippen molar-refractivity contribution in [2.45, 2.75) is 45.1 Å². The molecule has 0 radical (unpaired) electrons. The molecule has 2 aromatic rings. The van der Waals surface area contributed by atoms with Crippen molar-refractivity contribution < 1.29 is 18.0 Å². The summed E-state index contributed by atoms with van der Waals surface area (Å²) in [6.45, 7) is 8.59. The van der Waals surface area contributed by atoms with E-state index in [0.29, 0.717) is 22.4 Å². The summed E-state index contributed by atoms with van der Waals surface area (Å²) in [5.41, 5.74) is 2.43. The lowest BCUT2D eigenvalue weighted by Crippen LogP contribution is -2.53. The summed E-state index contributed by atoms with van der Waals surface area (Å²) in [5.74, 6) is -0.222. The Bertz CT molecular complexity index is 1090. The maximum absolute atomic E-state index is 13.4. The van der Waals surface area contributed by atoms with Crippen LogP contribution in [0.25, 0.3) is 0 Å². The number of rotatable bonds is 7. The highest BCUT2D eigenvalue weighted by molar-refractivity contribution is 7.89. The highest BCUT2D eigenvalue weighted by Crippen LogP contribution is 2.24. The van der Waals surface area contributed by atoms with Crippen LogP contribution in [0, 0.1) is 19.8 Å². The number of aryl methyl sites for hydroxylation is 2. The van der Waals surface area contributed by atoms with E-state index in [1.165, 1.54) is 4.31 Å². The summed E-state index contributed by atoms with van der Waals surface area (Å²) in [4.78, 5) is 27.8. The second kappa shape index (κ2) is 10.5. The van der Waals surface area contributed by atoms with E-state index in [4.69, 9.17) is 0 Å². The highest BCUT2D eigenvalue weighted by Gasteiger charge is 2.34. The highest BCUT2D eigenvalue weighted by atomic mass is 32.2. The average Bonchev–Trinajstić information content (AvgIpc) is 2.77. The molecule has 1 aliphatic rings. The third kappa shape index (κ3) is 6.00. The van der Waals surface area contributed by atoms with Crippen LogP contribution in [0.1, 0.15) is 43.0 Å². The third-order valence-corrected chi connectivity index (χ3v) is 7.84. The molecule has 1 aliphatic heterocycles. The topological polar surface area (TPSA) is 86.8 Å². The molecule has 0 aromatic heterocycles. The van der Waals surface area contributed by atoms with E-state index >= 15 is 0 Å². The second-order valence-corrected chi connectivity index (χ2v) is 10.9. The molecular formula is C25H33N3O4S. The van der Waals surface area contributed by atoms with Gasteiger partial charge in [-0.15, -0.1) is 0 Å². The number of carbonyl (C=O) groups is 2. The number of carbonyl (C=O) groups excluding carboxylic acids is 2. The Hall–Kier alpha value is -2.71. The molecule has 3 rings (SSSR count). The van der Waals surface area contributed by atoms with Gasteiger partial charge in [0.2, 0.25) is 21.8 Å². The van der Waals surface area contributed by atoms with Crippen LogP contribution in [0.15, 0.2) is 53.4 Å². The molecule has 1 atom stereocenters. The summed E-state index contributed by atoms with van der Waals surface area (Å²) in [5, 5.41) is 2.88. The Balaban J connectivity index is 1.73. The molecule has 2 aromatic carbocycles. The molecule has 33 heavy (non-hydrogen) atoms. The Kier molecular flexibility index (Phi) is 7.92. The molecule has 0 aliphatic carbocycles. The van der Waals surface area contributed by atoms with Gasteiger partial charge in [0.15, 0.2) is 0 Å². The number of hydrogen-bond acceptors (Lipinski definition) is 4. The van der Waals surface area contributed by atoms with Crippen LogP contribution in [0.5, 0.6) is 0 Å². The second-order valence-electron chi connectivity index (χ2n) is 9.01. The van der Waals surface area contributed by atoms with Crippen LogP contribution in [0.4, 0.5) is 0 Å². The van der Waals surface area contributed by atoms with Gasteiger partial charge in [-0.05, 0) is 37.0 Å². The SMILES string of the molecule is Cc1ccc(S(=O)(=O)N2CCN(C(=O)C(NC(=O)CC(C)C)c3ccccc3)CC2)c(C)c1. The molecule has 2 amide bonds. The molecule has 1 heterocycles. The van der Waals surface area contributed by atoms with Crippen molar-refractivity contribution in [1.82, 2.24) is 14.5 Å². The minimum absolute atomic E-state index is 0.176. The average molecular weight is 472 g/mol. The normalized spacial score (nSPS) is 16.0. The van der Waals surface area contributed by atoms with Crippen molar-refractivity contribution in [3.8, 4) is 0 Å². The van der Waals surface area contributed by atoms with Crippen LogP contribution in [-0.2, 0) is 19.6 Å². The zero-order valence-corrected chi connectivity index (χ0v) is 20.6. The Morgan fingerprint density at radius 1 is 0.970 bits per heavy atom. The van der Waals surface area contributed by atoms with Gasteiger partial charge < -0.3 is 10.2 Å². The molecule has 0 saturated carbocycles. The van der Waals surface area contributed by atoms with Gasteiger partial charge in [0.25, 0.3) is 0 Å². The van der Waals surface area contributed by atoms with E-state index in [-0.39, 0.29) is 43.9 Å². The molecule has 1 N–H and O–H groups in total. The number of hydrogen-bond donors (Lipinski definition) is 1. The summed E-state index contributed by atoms with van der Waals surface area (Å²) < 4.78 is 27.8. The molecule has 1 unspecified atom stereocenters. The standard InChI is InChI=1S/C25H33N3O4S/c1-18(2)16-23(29)26-24(21-8-6-5-7-9-21)25(30)27-12-14-28(15-13-27)33(31,32)22-11-10-19(3)17-20(22)4/h5-11,17-18,24H,12-16H2,1-4H3,(H,26,29). The molecular weight excluding hydrogens is 438 g/mol. The van der Waals surface area contributed by atoms with E-state index in [0.717, 1.165) is 5.56 Å². The van der Waals surface area contributed by atoms with Gasteiger partial charge in [0, 0.05) is 32.6 Å². The maximum atomic E-state index is 13.4. The number of amides is 2. The number of benzene rings is 2. The smallest absolute Gasteiger partial charge is 0.249 e. The fourth-order valence-corrected chi connectivity index (χ4v) is 5.71. The van der Waals surface area contributed by atoms with E-state index in [1.54, 1.807) is 24.0 Å². The van der Waals surface area contributed by atoms with Gasteiger partial charge in [-0.3, -0.25) is 9.59 Å². The summed E-state index contributed by atoms with van der Waals surface area (Å²) >= 11 is 0. The van der Waals surface area contributed by atoms with Crippen LogP contribution >= 0.6 is 0 Å². The van der Waals surface area contributed by atoms with Crippen LogP contribution in [-0.4, -0.2) is 55.6 Å². The zero-order chi connectivity index (χ0) is 24.2. The van der Waals surface area contributed by atoms with Crippen LogP contribution in [0.3, 0.4) is 0 Å². The number of piperazine rings is 1. The van der Waals surface area contributed by atoms with Crippen molar-refractivity contribution in [3.63, 3.8) is 0 Å². The Morgan fingerprint density at radius 3 is 2.18 bits per heavy atom. The van der Waals surface area contributed by atoms with Crippen LogP contribution in [0.2, 0.25) is 0 Å². The predicted octanol–water partition coefficient (Wildman–Crippen LogP) is 3.04. The number of nitrogens with zero attached hydrogens (tertiary/aromatic N) is 2. The molecule has 7 nitrogen and oxygen atoms in total. The van der Waals surface area contributed by atoms with Crippen LogP contribution < -0.4 is 5.32 Å². The van der Waals surface area contributed by atoms with E-state index in [1.807, 2.05) is 57.2 Å². The third-order valence-electron chi connectivity index (χ3n) is 5.78. The van der Waals surface area contributed by atoms with Crippen molar-refractivity contribution >= 4 is 21.8 Å². The first-order chi connectivity index (χ1) is 15.6. The molecule has 0 bridgehead atoms. The zero-order valence-electron chi connectivity index (χ0n) is 19.7. The first-order valence-corrected chi connectivity index (χ1v) is 12.7. The Morgan fingerprint density at radius 2 is 1.61 bits per heavy atom. The van der Waals surface area contributed by atoms with Crippen molar-refractivity contribution in [1.29, 1.82) is 0 Å². The lowest BCUT2D eigenvalue weighted by atomic mass is 10.0. The van der Waals surface area contributed by atoms with Crippen molar-refractivity contribution in [2.75, 3.05) is 26.2 Å². The molecule has 8 heteroatoms. The lowest BCUT2D eigenvalue weighted by Gasteiger charge is -2.36. The van der Waals surface area contributed by atoms with E-state index < -0.39 is 16.1 Å². The fourth-order valence-electron chi connectivity index (χ4n) is 4.08. The maximum Gasteiger partial charge on any atom is 0.249 e. The fraction of sp³-hybridized carbons (Fsp3) is 0.440. The van der Waals surface area contributed by atoms with E-state index in [2.05, 4.69) is 5.32 Å². The predicted molar refractivity (Wildman–Crippen MR) is 128 cm³/mol. The number of nitrogens with one attached hydrogen (secondary N) is 1. The number of sulfonamides is 1. The lowest BCUT2D eigenvalue weighted by molar-refractivity contribution is -0.137.